The number of hydrogen-bond donors (Lipinski definition) is 0. The van der Waals surface area contributed by atoms with Crippen molar-refractivity contribution < 1.29 is 0 Å². The second-order valence-corrected chi connectivity index (χ2v) is 5.32. The topological polar surface area (TPSA) is 0 Å². The van der Waals surface area contributed by atoms with Crippen LogP contribution in [0, 0.1) is 6.92 Å². The summed E-state index contributed by atoms with van der Waals surface area (Å²) in [6.45, 7) is 11.2. The molecule has 0 unspecified atom stereocenters. The number of hydrogen-bond acceptors (Lipinski definition) is 0. The van der Waals surface area contributed by atoms with Crippen LogP contribution in [0.2, 0.25) is 0 Å². The van der Waals surface area contributed by atoms with Gasteiger partial charge in [-0.25, -0.2) is 0 Å². The van der Waals surface area contributed by atoms with E-state index in [-0.39, 0.29) is 0 Å². The summed E-state index contributed by atoms with van der Waals surface area (Å²) in [4.78, 5) is 0. The van der Waals surface area contributed by atoms with Crippen molar-refractivity contribution in [2.75, 3.05) is 0 Å². The lowest BCUT2D eigenvalue weighted by atomic mass is 10.0. The summed E-state index contributed by atoms with van der Waals surface area (Å²) < 4.78 is 0. The predicted octanol–water partition coefficient (Wildman–Crippen LogP) is 6.08. The summed E-state index contributed by atoms with van der Waals surface area (Å²) in [6.07, 6.45) is 7.71. The van der Waals surface area contributed by atoms with Crippen LogP contribution in [0.15, 0.2) is 91.6 Å². The predicted molar refractivity (Wildman–Crippen MR) is 99.2 cm³/mol. The fourth-order valence-corrected chi connectivity index (χ4v) is 1.94. The van der Waals surface area contributed by atoms with Gasteiger partial charge in [-0.3, -0.25) is 0 Å². The molecule has 0 heteroatoms. The smallest absolute Gasteiger partial charge is 0.0238 e. The molecule has 0 heterocycles. The van der Waals surface area contributed by atoms with E-state index >= 15 is 0 Å². The van der Waals surface area contributed by atoms with E-state index in [9.17, 15) is 0 Å². The molecule has 0 saturated carbocycles. The van der Waals surface area contributed by atoms with Crippen molar-refractivity contribution in [1.82, 2.24) is 0 Å². The zero-order chi connectivity index (χ0) is 16.2. The third kappa shape index (κ3) is 7.44. The van der Waals surface area contributed by atoms with Crippen LogP contribution in [0.1, 0.15) is 23.6 Å². The molecule has 0 amide bonds. The molecule has 0 fully saturated rings. The zero-order valence-electron chi connectivity index (χ0n) is 13.8. The van der Waals surface area contributed by atoms with Gasteiger partial charge < -0.3 is 0 Å². The Kier molecular flexibility index (Phi) is 8.37. The van der Waals surface area contributed by atoms with Gasteiger partial charge in [0.25, 0.3) is 0 Å². The van der Waals surface area contributed by atoms with E-state index < -0.39 is 0 Å². The molecule has 0 nitrogen and oxygen atoms in total. The van der Waals surface area contributed by atoms with Crippen LogP contribution < -0.4 is 0 Å². The van der Waals surface area contributed by atoms with Crippen LogP contribution in [-0.4, -0.2) is 0 Å². The SMILES string of the molecule is C=C/C=C(/C)C=C.Cc1ccc(CCc2ccccc2)cc1. The summed E-state index contributed by atoms with van der Waals surface area (Å²) in [5.41, 5.74) is 5.32. The highest BCUT2D eigenvalue weighted by Crippen LogP contribution is 2.08. The minimum atomic E-state index is 1.13. The Morgan fingerprint density at radius 1 is 0.864 bits per heavy atom. The van der Waals surface area contributed by atoms with E-state index in [2.05, 4.69) is 74.7 Å². The maximum Gasteiger partial charge on any atom is -0.0238 e. The van der Waals surface area contributed by atoms with E-state index in [0.29, 0.717) is 0 Å². The van der Waals surface area contributed by atoms with Gasteiger partial charge in [-0.1, -0.05) is 97.1 Å². The van der Waals surface area contributed by atoms with Gasteiger partial charge in [0.05, 0.1) is 0 Å². The molecule has 0 atom stereocenters. The van der Waals surface area contributed by atoms with Crippen LogP contribution in [0.3, 0.4) is 0 Å². The van der Waals surface area contributed by atoms with E-state index in [1.165, 1.54) is 16.7 Å². The first kappa shape index (κ1) is 17.7. The molecule has 0 N–H and O–H groups in total. The molecule has 2 rings (SSSR count). The monoisotopic (exact) mass is 290 g/mol. The van der Waals surface area contributed by atoms with Crippen molar-refractivity contribution in [3.05, 3.63) is 108 Å². The van der Waals surface area contributed by atoms with Crippen LogP contribution >= 0.6 is 0 Å². The summed E-state index contributed by atoms with van der Waals surface area (Å²) in [5.74, 6) is 0. The Labute approximate surface area is 135 Å². The van der Waals surface area contributed by atoms with Gasteiger partial charge in [0.1, 0.15) is 0 Å². The molecule has 0 aliphatic carbocycles. The standard InChI is InChI=1S/C15H16.C7H10/c1-13-7-9-15(10-8-13)12-11-14-5-3-2-4-6-14;1-4-6-7(3)5-2/h2-10H,11-12H2,1H3;4-6H,1-2H2,3H3/b;7-6-. The Hall–Kier alpha value is -2.34. The average molecular weight is 290 g/mol. The molecule has 2 aromatic carbocycles. The second-order valence-electron chi connectivity index (χ2n) is 5.32. The van der Waals surface area contributed by atoms with E-state index in [1.54, 1.807) is 12.2 Å². The lowest BCUT2D eigenvalue weighted by Crippen LogP contribution is -1.90. The van der Waals surface area contributed by atoms with Crippen LogP contribution in [0.5, 0.6) is 0 Å². The Morgan fingerprint density at radius 2 is 1.41 bits per heavy atom. The third-order valence-electron chi connectivity index (χ3n) is 3.37. The van der Waals surface area contributed by atoms with Gasteiger partial charge in [-0.05, 0) is 37.8 Å². The first-order valence-electron chi connectivity index (χ1n) is 7.67. The van der Waals surface area contributed by atoms with E-state index in [0.717, 1.165) is 18.4 Å². The first-order chi connectivity index (χ1) is 10.7. The first-order valence-corrected chi connectivity index (χ1v) is 7.67. The fraction of sp³-hybridized carbons (Fsp3) is 0.182. The second kappa shape index (κ2) is 10.4. The largest absolute Gasteiger partial charge is 0.0991 e. The number of rotatable bonds is 5. The highest BCUT2D eigenvalue weighted by molar-refractivity contribution is 5.23. The van der Waals surface area contributed by atoms with Crippen molar-refractivity contribution in [3.63, 3.8) is 0 Å². The van der Waals surface area contributed by atoms with Crippen molar-refractivity contribution in [3.8, 4) is 0 Å². The molecule has 0 bridgehead atoms. The van der Waals surface area contributed by atoms with Crippen molar-refractivity contribution >= 4 is 0 Å². The molecule has 2 aromatic rings. The van der Waals surface area contributed by atoms with Crippen LogP contribution in [0.25, 0.3) is 0 Å². The number of allylic oxidation sites excluding steroid dienone is 4. The van der Waals surface area contributed by atoms with Gasteiger partial charge >= 0.3 is 0 Å². The van der Waals surface area contributed by atoms with Crippen molar-refractivity contribution in [1.29, 1.82) is 0 Å². The normalized spacial score (nSPS) is 10.4. The quantitative estimate of drug-likeness (QED) is 0.585. The van der Waals surface area contributed by atoms with Gasteiger partial charge in [0, 0.05) is 0 Å². The molecular weight excluding hydrogens is 264 g/mol. The van der Waals surface area contributed by atoms with Crippen LogP contribution in [-0.2, 0) is 12.8 Å². The molecule has 114 valence electrons. The Balaban J connectivity index is 0.000000295. The lowest BCUT2D eigenvalue weighted by Gasteiger charge is -2.02. The number of aryl methyl sites for hydroxylation is 3. The summed E-state index contributed by atoms with van der Waals surface area (Å²) >= 11 is 0. The molecule has 0 radical (unpaired) electrons. The third-order valence-corrected chi connectivity index (χ3v) is 3.37. The molecular formula is C22H26. The maximum absolute atomic E-state index is 3.56. The van der Waals surface area contributed by atoms with Gasteiger partial charge in [-0.15, -0.1) is 0 Å². The molecule has 0 aromatic heterocycles. The van der Waals surface area contributed by atoms with Crippen molar-refractivity contribution in [2.45, 2.75) is 26.7 Å². The minimum Gasteiger partial charge on any atom is -0.0991 e. The maximum atomic E-state index is 3.56. The van der Waals surface area contributed by atoms with Gasteiger partial charge in [0.15, 0.2) is 0 Å². The fourth-order valence-electron chi connectivity index (χ4n) is 1.94. The zero-order valence-corrected chi connectivity index (χ0v) is 13.8. The van der Waals surface area contributed by atoms with Crippen LogP contribution in [0.4, 0.5) is 0 Å². The van der Waals surface area contributed by atoms with Gasteiger partial charge in [-0.2, -0.15) is 0 Å². The summed E-state index contributed by atoms with van der Waals surface area (Å²) in [6, 6.07) is 19.4. The molecule has 0 aliphatic rings. The average Bonchev–Trinajstić information content (AvgIpc) is 2.56. The van der Waals surface area contributed by atoms with E-state index in [1.807, 2.05) is 13.0 Å². The summed E-state index contributed by atoms with van der Waals surface area (Å²) in [5, 5.41) is 0. The minimum absolute atomic E-state index is 1.13. The van der Waals surface area contributed by atoms with Gasteiger partial charge in [0.2, 0.25) is 0 Å². The number of benzene rings is 2. The highest BCUT2D eigenvalue weighted by atomic mass is 14.0. The Morgan fingerprint density at radius 3 is 1.86 bits per heavy atom. The van der Waals surface area contributed by atoms with Crippen molar-refractivity contribution in [2.24, 2.45) is 0 Å². The Bertz CT molecular complexity index is 586. The molecule has 0 spiro atoms. The lowest BCUT2D eigenvalue weighted by molar-refractivity contribution is 0.959. The molecule has 0 aliphatic heterocycles. The molecule has 22 heavy (non-hydrogen) atoms. The highest BCUT2D eigenvalue weighted by Gasteiger charge is 1.94. The van der Waals surface area contributed by atoms with E-state index in [4.69, 9.17) is 0 Å². The summed E-state index contributed by atoms with van der Waals surface area (Å²) in [7, 11) is 0. The molecule has 0 saturated heterocycles.